The van der Waals surface area contributed by atoms with Gasteiger partial charge in [-0.05, 0) is 68.0 Å². The molecule has 4 heteroatoms. The van der Waals surface area contributed by atoms with Crippen LogP contribution < -0.4 is 11.1 Å². The van der Waals surface area contributed by atoms with E-state index < -0.39 is 0 Å². The number of nitrogens with one attached hydrogen (secondary N) is 2. The van der Waals surface area contributed by atoms with E-state index in [1.165, 1.54) is 29.7 Å². The van der Waals surface area contributed by atoms with E-state index >= 15 is 0 Å². The smallest absolute Gasteiger partial charge is 0.256 e. The second kappa shape index (κ2) is 4.77. The molecule has 0 bridgehead atoms. The normalized spacial score (nSPS) is 18.2. The number of benzene rings is 1. The van der Waals surface area contributed by atoms with Gasteiger partial charge in [0.25, 0.3) is 5.91 Å². The number of aromatic amines is 1. The van der Waals surface area contributed by atoms with Gasteiger partial charge in [0.1, 0.15) is 0 Å². The molecule has 0 fully saturated rings. The maximum Gasteiger partial charge on any atom is 0.256 e. The lowest BCUT2D eigenvalue weighted by Crippen LogP contribution is -2.03. The summed E-state index contributed by atoms with van der Waals surface area (Å²) in [5, 5.41) is 2.90. The number of carbonyl (C=O) groups excluding carboxylic acids is 1. The first-order valence-corrected chi connectivity index (χ1v) is 7.77. The maximum absolute atomic E-state index is 12.3. The fourth-order valence-corrected chi connectivity index (χ4v) is 3.51. The Hall–Kier alpha value is -2.49. The van der Waals surface area contributed by atoms with E-state index in [1.54, 1.807) is 6.07 Å². The Kier molecular flexibility index (Phi) is 2.86. The van der Waals surface area contributed by atoms with Crippen LogP contribution in [0.1, 0.15) is 40.9 Å². The van der Waals surface area contributed by atoms with Gasteiger partial charge in [-0.3, -0.25) is 4.79 Å². The fourth-order valence-electron chi connectivity index (χ4n) is 3.51. The molecule has 0 atom stereocenters. The quantitative estimate of drug-likeness (QED) is 0.558. The van der Waals surface area contributed by atoms with E-state index in [-0.39, 0.29) is 5.91 Å². The molecule has 1 amide bonds. The van der Waals surface area contributed by atoms with Gasteiger partial charge in [0.2, 0.25) is 0 Å². The Morgan fingerprint density at radius 3 is 2.86 bits per heavy atom. The molecule has 0 saturated carbocycles. The molecule has 22 heavy (non-hydrogen) atoms. The molecule has 2 heterocycles. The van der Waals surface area contributed by atoms with Crippen LogP contribution >= 0.6 is 0 Å². The van der Waals surface area contributed by atoms with Gasteiger partial charge in [-0.25, -0.2) is 0 Å². The first-order chi connectivity index (χ1) is 10.6. The highest BCUT2D eigenvalue weighted by atomic mass is 16.2. The van der Waals surface area contributed by atoms with Gasteiger partial charge in [-0.1, -0.05) is 0 Å². The minimum absolute atomic E-state index is 0.0624. The second-order valence-corrected chi connectivity index (χ2v) is 6.15. The molecule has 0 unspecified atom stereocenters. The van der Waals surface area contributed by atoms with E-state index in [4.69, 9.17) is 5.73 Å². The second-order valence-electron chi connectivity index (χ2n) is 6.15. The van der Waals surface area contributed by atoms with Gasteiger partial charge in [-0.15, -0.1) is 0 Å². The summed E-state index contributed by atoms with van der Waals surface area (Å²) in [6.45, 7) is 2.14. The minimum atomic E-state index is -0.0624. The molecule has 4 rings (SSSR count). The molecule has 4 N–H and O–H groups in total. The third kappa shape index (κ3) is 1.95. The summed E-state index contributed by atoms with van der Waals surface area (Å²) in [5.41, 5.74) is 14.0. The molecule has 1 aromatic carbocycles. The lowest BCUT2D eigenvalue weighted by atomic mass is 9.95. The molecule has 2 aromatic rings. The van der Waals surface area contributed by atoms with Crippen LogP contribution in [0.15, 0.2) is 18.2 Å². The Bertz CT molecular complexity index is 814. The van der Waals surface area contributed by atoms with Crippen molar-refractivity contribution < 1.29 is 4.79 Å². The maximum atomic E-state index is 12.3. The van der Waals surface area contributed by atoms with Gasteiger partial charge in [0, 0.05) is 28.3 Å². The summed E-state index contributed by atoms with van der Waals surface area (Å²) in [4.78, 5) is 15.8. The number of H-pyrrole nitrogens is 1. The molecule has 4 nitrogen and oxygen atoms in total. The molecule has 0 spiro atoms. The van der Waals surface area contributed by atoms with Crippen molar-refractivity contribution >= 4 is 28.9 Å². The van der Waals surface area contributed by atoms with Crippen molar-refractivity contribution in [2.24, 2.45) is 0 Å². The van der Waals surface area contributed by atoms with Crippen molar-refractivity contribution in [3.05, 3.63) is 46.3 Å². The number of aromatic nitrogens is 1. The van der Waals surface area contributed by atoms with Crippen molar-refractivity contribution in [1.82, 2.24) is 4.98 Å². The number of anilines is 2. The van der Waals surface area contributed by atoms with E-state index in [0.29, 0.717) is 11.3 Å². The van der Waals surface area contributed by atoms with Crippen LogP contribution in [-0.4, -0.2) is 10.9 Å². The molecular weight excluding hydrogens is 274 g/mol. The van der Waals surface area contributed by atoms with E-state index in [1.807, 2.05) is 18.2 Å². The molecule has 1 aliphatic carbocycles. The van der Waals surface area contributed by atoms with Crippen LogP contribution in [0.3, 0.4) is 0 Å². The van der Waals surface area contributed by atoms with E-state index in [2.05, 4.69) is 17.2 Å². The molecule has 2 aliphatic rings. The molecule has 112 valence electrons. The van der Waals surface area contributed by atoms with Crippen molar-refractivity contribution in [2.75, 3.05) is 11.1 Å². The van der Waals surface area contributed by atoms with Crippen LogP contribution in [0, 0.1) is 6.92 Å². The number of nitrogen functional groups attached to an aromatic ring is 1. The summed E-state index contributed by atoms with van der Waals surface area (Å²) < 4.78 is 0. The lowest BCUT2D eigenvalue weighted by molar-refractivity contribution is -0.110. The highest BCUT2D eigenvalue weighted by molar-refractivity contribution is 6.35. The van der Waals surface area contributed by atoms with Crippen LogP contribution in [0.25, 0.3) is 11.6 Å². The number of amides is 1. The molecular formula is C18H19N3O. The van der Waals surface area contributed by atoms with Gasteiger partial charge in [0.05, 0.1) is 5.57 Å². The first-order valence-electron chi connectivity index (χ1n) is 7.77. The van der Waals surface area contributed by atoms with Gasteiger partial charge in [0.15, 0.2) is 0 Å². The Balaban J connectivity index is 1.83. The Labute approximate surface area is 129 Å². The van der Waals surface area contributed by atoms with Gasteiger partial charge in [-0.2, -0.15) is 0 Å². The van der Waals surface area contributed by atoms with Gasteiger partial charge < -0.3 is 16.0 Å². The van der Waals surface area contributed by atoms with Crippen molar-refractivity contribution in [3.63, 3.8) is 0 Å². The number of nitrogens with two attached hydrogens (primary N) is 1. The van der Waals surface area contributed by atoms with Crippen LogP contribution in [0.2, 0.25) is 0 Å². The summed E-state index contributed by atoms with van der Waals surface area (Å²) >= 11 is 0. The minimum Gasteiger partial charge on any atom is -0.399 e. The fraction of sp³-hybridized carbons (Fsp3) is 0.278. The standard InChI is InChI=1S/C18H19N3O/c1-10-12-4-2-3-5-15(12)20-17(10)9-14-13-8-11(19)6-7-16(13)21-18(14)22/h6-9,20H,2-5,19H2,1H3,(H,21,22). The molecule has 1 aromatic heterocycles. The molecule has 0 radical (unpaired) electrons. The van der Waals surface area contributed by atoms with E-state index in [9.17, 15) is 4.79 Å². The third-order valence-corrected chi connectivity index (χ3v) is 4.73. The number of hydrogen-bond acceptors (Lipinski definition) is 2. The summed E-state index contributed by atoms with van der Waals surface area (Å²) in [7, 11) is 0. The first kappa shape index (κ1) is 13.2. The highest BCUT2D eigenvalue weighted by Crippen LogP contribution is 2.35. The Morgan fingerprint density at radius 2 is 2.05 bits per heavy atom. The summed E-state index contributed by atoms with van der Waals surface area (Å²) in [6.07, 6.45) is 6.70. The van der Waals surface area contributed by atoms with Crippen molar-refractivity contribution in [3.8, 4) is 0 Å². The predicted octanol–water partition coefficient (Wildman–Crippen LogP) is 3.28. The summed E-state index contributed by atoms with van der Waals surface area (Å²) in [6, 6.07) is 5.52. The topological polar surface area (TPSA) is 70.9 Å². The number of aryl methyl sites for hydroxylation is 1. The number of fused-ring (bicyclic) bond motifs is 2. The zero-order valence-electron chi connectivity index (χ0n) is 12.6. The lowest BCUT2D eigenvalue weighted by Gasteiger charge is -2.10. The molecule has 0 saturated heterocycles. The van der Waals surface area contributed by atoms with E-state index in [0.717, 1.165) is 29.8 Å². The number of carbonyl (C=O) groups is 1. The van der Waals surface area contributed by atoms with Crippen LogP contribution in [0.5, 0.6) is 0 Å². The zero-order chi connectivity index (χ0) is 15.3. The third-order valence-electron chi connectivity index (χ3n) is 4.73. The number of hydrogen-bond donors (Lipinski definition) is 3. The summed E-state index contributed by atoms with van der Waals surface area (Å²) in [5.74, 6) is -0.0624. The Morgan fingerprint density at radius 1 is 1.23 bits per heavy atom. The average Bonchev–Trinajstić information content (AvgIpc) is 2.99. The van der Waals surface area contributed by atoms with Crippen LogP contribution in [-0.2, 0) is 17.6 Å². The van der Waals surface area contributed by atoms with Crippen molar-refractivity contribution in [1.29, 1.82) is 0 Å². The number of rotatable bonds is 1. The molecule has 1 aliphatic heterocycles. The highest BCUT2D eigenvalue weighted by Gasteiger charge is 2.25. The SMILES string of the molecule is Cc1c(C=C2C(=O)Nc3ccc(N)cc32)[nH]c2c1CCCC2. The largest absolute Gasteiger partial charge is 0.399 e. The van der Waals surface area contributed by atoms with Crippen LogP contribution in [0.4, 0.5) is 11.4 Å². The van der Waals surface area contributed by atoms with Gasteiger partial charge >= 0.3 is 0 Å². The monoisotopic (exact) mass is 293 g/mol. The predicted molar refractivity (Wildman–Crippen MR) is 89.5 cm³/mol. The average molecular weight is 293 g/mol. The van der Waals surface area contributed by atoms with Crippen molar-refractivity contribution in [2.45, 2.75) is 32.6 Å². The zero-order valence-corrected chi connectivity index (χ0v) is 12.6.